The molecule has 29 heavy (non-hydrogen) atoms. The predicted octanol–water partition coefficient (Wildman–Crippen LogP) is 4.38. The molecular weight excluding hydrogens is 389 g/mol. The van der Waals surface area contributed by atoms with Gasteiger partial charge in [-0.15, -0.1) is 0 Å². The first-order valence-corrected chi connectivity index (χ1v) is 10.4. The van der Waals surface area contributed by atoms with Crippen LogP contribution in [0.25, 0.3) is 10.8 Å². The van der Waals surface area contributed by atoms with Gasteiger partial charge in [-0.25, -0.2) is 4.39 Å². The van der Waals surface area contributed by atoms with E-state index < -0.39 is 5.82 Å². The lowest BCUT2D eigenvalue weighted by molar-refractivity contribution is 0.255. The Balaban J connectivity index is 1.32. The molecule has 0 spiro atoms. The van der Waals surface area contributed by atoms with E-state index >= 15 is 0 Å². The molecule has 4 rings (SSSR count). The third-order valence-electron chi connectivity index (χ3n) is 5.72. The number of rotatable bonds is 5. The van der Waals surface area contributed by atoms with E-state index in [2.05, 4.69) is 26.9 Å². The lowest BCUT2D eigenvalue weighted by Crippen LogP contribution is -2.46. The first kappa shape index (κ1) is 19.9. The number of halogens is 2. The molecule has 0 atom stereocenters. The number of aromatic nitrogens is 1. The number of piperazine rings is 1. The van der Waals surface area contributed by atoms with E-state index in [-0.39, 0.29) is 10.9 Å². The van der Waals surface area contributed by atoms with Crippen LogP contribution in [0.15, 0.2) is 47.3 Å². The Morgan fingerprint density at radius 1 is 1.07 bits per heavy atom. The van der Waals surface area contributed by atoms with Crippen molar-refractivity contribution in [3.05, 3.63) is 74.9 Å². The molecule has 0 saturated carbocycles. The van der Waals surface area contributed by atoms with E-state index in [1.54, 1.807) is 6.07 Å². The smallest absolute Gasteiger partial charge is 0.259 e. The van der Waals surface area contributed by atoms with E-state index in [0.29, 0.717) is 5.39 Å². The van der Waals surface area contributed by atoms with Gasteiger partial charge >= 0.3 is 0 Å². The number of fused-ring (bicyclic) bond motifs is 1. The van der Waals surface area contributed by atoms with Crippen LogP contribution >= 0.6 is 11.6 Å². The summed E-state index contributed by atoms with van der Waals surface area (Å²) < 4.78 is 14.0. The zero-order valence-electron chi connectivity index (χ0n) is 16.5. The summed E-state index contributed by atoms with van der Waals surface area (Å²) in [7, 11) is 0. The minimum absolute atomic E-state index is 0.159. The van der Waals surface area contributed by atoms with Gasteiger partial charge in [-0.05, 0) is 73.7 Å². The topological polar surface area (TPSA) is 39.3 Å². The standard InChI is InChI=1S/C23H25ClFN3O/c1-16-4-9-21(25)22-20(16)15-18(26-23(22)29)3-2-10-27-11-13-28(14-12-27)19-7-5-17(24)6-8-19/h4-9,15H,2-3,10-14H2,1H3,(H,26,29). The van der Waals surface area contributed by atoms with Crippen molar-refractivity contribution in [2.75, 3.05) is 37.6 Å². The third-order valence-corrected chi connectivity index (χ3v) is 5.97. The number of anilines is 1. The molecule has 1 aliphatic rings. The largest absolute Gasteiger partial charge is 0.369 e. The lowest BCUT2D eigenvalue weighted by Gasteiger charge is -2.36. The maximum absolute atomic E-state index is 14.0. The molecule has 0 radical (unpaired) electrons. The highest BCUT2D eigenvalue weighted by molar-refractivity contribution is 6.30. The van der Waals surface area contributed by atoms with Crippen molar-refractivity contribution in [2.45, 2.75) is 19.8 Å². The number of hydrogen-bond donors (Lipinski definition) is 1. The molecule has 0 amide bonds. The highest BCUT2D eigenvalue weighted by atomic mass is 35.5. The molecule has 0 bridgehead atoms. The van der Waals surface area contributed by atoms with Crippen LogP contribution in [0.5, 0.6) is 0 Å². The van der Waals surface area contributed by atoms with Crippen molar-refractivity contribution in [1.82, 2.24) is 9.88 Å². The molecule has 1 aromatic heterocycles. The fraction of sp³-hybridized carbons (Fsp3) is 0.348. The second kappa shape index (κ2) is 8.56. The van der Waals surface area contributed by atoms with Crippen molar-refractivity contribution in [3.63, 3.8) is 0 Å². The number of aryl methyl sites for hydroxylation is 2. The highest BCUT2D eigenvalue weighted by Gasteiger charge is 2.17. The van der Waals surface area contributed by atoms with Crippen molar-refractivity contribution >= 4 is 28.1 Å². The summed E-state index contributed by atoms with van der Waals surface area (Å²) in [5.41, 5.74) is 2.67. The van der Waals surface area contributed by atoms with Gasteiger partial charge in [0.25, 0.3) is 5.56 Å². The SMILES string of the molecule is Cc1ccc(F)c2c(=O)[nH]c(CCCN3CCN(c4ccc(Cl)cc4)CC3)cc12. The number of benzene rings is 2. The first-order valence-electron chi connectivity index (χ1n) is 10.0. The van der Waals surface area contributed by atoms with Crippen LogP contribution in [0.3, 0.4) is 0 Å². The molecule has 3 aromatic rings. The fourth-order valence-electron chi connectivity index (χ4n) is 4.04. The summed E-state index contributed by atoms with van der Waals surface area (Å²) in [6, 6.07) is 13.0. The second-order valence-corrected chi connectivity index (χ2v) is 8.12. The van der Waals surface area contributed by atoms with Crippen LogP contribution in [0.4, 0.5) is 10.1 Å². The maximum atomic E-state index is 14.0. The summed E-state index contributed by atoms with van der Waals surface area (Å²) in [6.07, 6.45) is 1.73. The quantitative estimate of drug-likeness (QED) is 0.674. The molecule has 1 N–H and O–H groups in total. The first-order chi connectivity index (χ1) is 14.0. The second-order valence-electron chi connectivity index (χ2n) is 7.69. The number of nitrogens with zero attached hydrogens (tertiary/aromatic N) is 2. The van der Waals surface area contributed by atoms with Crippen molar-refractivity contribution < 1.29 is 4.39 Å². The zero-order chi connectivity index (χ0) is 20.4. The van der Waals surface area contributed by atoms with E-state index in [9.17, 15) is 9.18 Å². The molecule has 152 valence electrons. The number of aromatic amines is 1. The van der Waals surface area contributed by atoms with Crippen LogP contribution in [-0.2, 0) is 6.42 Å². The normalized spacial score (nSPS) is 15.2. The number of H-pyrrole nitrogens is 1. The van der Waals surface area contributed by atoms with Gasteiger partial charge in [-0.1, -0.05) is 17.7 Å². The number of hydrogen-bond acceptors (Lipinski definition) is 3. The Morgan fingerprint density at radius 3 is 2.52 bits per heavy atom. The van der Waals surface area contributed by atoms with Crippen LogP contribution in [0.2, 0.25) is 5.02 Å². The van der Waals surface area contributed by atoms with Crippen LogP contribution in [0, 0.1) is 12.7 Å². The van der Waals surface area contributed by atoms with E-state index in [0.717, 1.165) is 61.8 Å². The van der Waals surface area contributed by atoms with Gasteiger partial charge in [-0.3, -0.25) is 9.69 Å². The van der Waals surface area contributed by atoms with E-state index in [1.807, 2.05) is 25.1 Å². The average Bonchev–Trinajstić information content (AvgIpc) is 2.72. The summed E-state index contributed by atoms with van der Waals surface area (Å²) in [6.45, 7) is 6.91. The van der Waals surface area contributed by atoms with Crippen molar-refractivity contribution in [3.8, 4) is 0 Å². The summed E-state index contributed by atoms with van der Waals surface area (Å²) in [5.74, 6) is -0.461. The fourth-order valence-corrected chi connectivity index (χ4v) is 4.17. The van der Waals surface area contributed by atoms with Gasteiger partial charge in [0.1, 0.15) is 5.82 Å². The Morgan fingerprint density at radius 2 is 1.79 bits per heavy atom. The Labute approximate surface area is 174 Å². The summed E-state index contributed by atoms with van der Waals surface area (Å²) in [5, 5.41) is 1.63. The van der Waals surface area contributed by atoms with Gasteiger partial charge < -0.3 is 9.88 Å². The van der Waals surface area contributed by atoms with Crippen LogP contribution in [-0.4, -0.2) is 42.6 Å². The van der Waals surface area contributed by atoms with Gasteiger partial charge in [0.2, 0.25) is 0 Å². The molecule has 1 fully saturated rings. The molecule has 0 unspecified atom stereocenters. The third kappa shape index (κ3) is 4.46. The Kier molecular flexibility index (Phi) is 5.88. The van der Waals surface area contributed by atoms with Gasteiger partial charge in [0.05, 0.1) is 5.39 Å². The summed E-state index contributed by atoms with van der Waals surface area (Å²) >= 11 is 5.97. The highest BCUT2D eigenvalue weighted by Crippen LogP contribution is 2.21. The minimum Gasteiger partial charge on any atom is -0.369 e. The van der Waals surface area contributed by atoms with E-state index in [1.165, 1.54) is 11.8 Å². The number of pyridine rings is 1. The monoisotopic (exact) mass is 413 g/mol. The van der Waals surface area contributed by atoms with Gasteiger partial charge in [0.15, 0.2) is 0 Å². The van der Waals surface area contributed by atoms with E-state index in [4.69, 9.17) is 11.6 Å². The van der Waals surface area contributed by atoms with Crippen molar-refractivity contribution in [1.29, 1.82) is 0 Å². The Bertz CT molecular complexity index is 1060. The van der Waals surface area contributed by atoms with Crippen LogP contribution < -0.4 is 10.5 Å². The maximum Gasteiger partial charge on any atom is 0.259 e. The molecular formula is C23H25ClFN3O. The van der Waals surface area contributed by atoms with Gasteiger partial charge in [0, 0.05) is 42.6 Å². The lowest BCUT2D eigenvalue weighted by atomic mass is 10.0. The molecule has 2 heterocycles. The van der Waals surface area contributed by atoms with Crippen LogP contribution in [0.1, 0.15) is 17.7 Å². The van der Waals surface area contributed by atoms with Gasteiger partial charge in [-0.2, -0.15) is 0 Å². The Hall–Kier alpha value is -2.37. The molecule has 6 heteroatoms. The zero-order valence-corrected chi connectivity index (χ0v) is 17.3. The number of nitrogens with one attached hydrogen (secondary N) is 1. The van der Waals surface area contributed by atoms with Crippen molar-refractivity contribution in [2.24, 2.45) is 0 Å². The molecule has 4 nitrogen and oxygen atoms in total. The molecule has 0 aliphatic carbocycles. The molecule has 2 aromatic carbocycles. The molecule has 1 aliphatic heterocycles. The minimum atomic E-state index is -0.461. The average molecular weight is 414 g/mol. The molecule has 1 saturated heterocycles. The predicted molar refractivity (Wildman–Crippen MR) is 118 cm³/mol. The summed E-state index contributed by atoms with van der Waals surface area (Å²) in [4.78, 5) is 20.0.